The van der Waals surface area contributed by atoms with E-state index < -0.39 is 18.1 Å². The van der Waals surface area contributed by atoms with Gasteiger partial charge in [-0.05, 0) is 48.0 Å². The third-order valence-corrected chi connectivity index (χ3v) is 6.12. The molecule has 38 heavy (non-hydrogen) atoms. The van der Waals surface area contributed by atoms with Crippen molar-refractivity contribution in [3.05, 3.63) is 78.1 Å². The van der Waals surface area contributed by atoms with E-state index in [2.05, 4.69) is 24.6 Å². The highest BCUT2D eigenvalue weighted by Crippen LogP contribution is 2.26. The van der Waals surface area contributed by atoms with Crippen LogP contribution in [0.15, 0.2) is 71.4 Å². The molecule has 4 aromatic rings. The average Bonchev–Trinajstić information content (AvgIpc) is 3.36. The highest BCUT2D eigenvalue weighted by molar-refractivity contribution is 5.97. The number of carbonyl (C=O) groups excluding carboxylic acids is 2. The lowest BCUT2D eigenvalue weighted by molar-refractivity contribution is -0.204. The van der Waals surface area contributed by atoms with Crippen molar-refractivity contribution in [1.82, 2.24) is 20.3 Å². The van der Waals surface area contributed by atoms with E-state index in [0.29, 0.717) is 17.0 Å². The Morgan fingerprint density at radius 2 is 1.68 bits per heavy atom. The fourth-order valence-corrected chi connectivity index (χ4v) is 4.13. The molecule has 1 fully saturated rings. The molecule has 1 saturated heterocycles. The summed E-state index contributed by atoms with van der Waals surface area (Å²) in [5, 5.41) is 0. The molecule has 3 heterocycles. The largest absolute Gasteiger partial charge is 0.493 e. The van der Waals surface area contributed by atoms with Gasteiger partial charge in [-0.2, -0.15) is 18.7 Å². The van der Waals surface area contributed by atoms with Crippen LogP contribution >= 0.6 is 0 Å². The maximum Gasteiger partial charge on any atom is 0.493 e. The van der Waals surface area contributed by atoms with Crippen molar-refractivity contribution in [3.63, 3.8) is 0 Å². The smallest absolute Gasteiger partial charge is 0.436 e. The summed E-state index contributed by atoms with van der Waals surface area (Å²) in [5.74, 6) is -3.22. The minimum absolute atomic E-state index is 0.0494. The first kappa shape index (κ1) is 25.2. The van der Waals surface area contributed by atoms with Crippen molar-refractivity contribution in [1.29, 1.82) is 0 Å². The summed E-state index contributed by atoms with van der Waals surface area (Å²) in [4.78, 5) is 39.8. The molecule has 1 amide bonds. The number of alkyl halides is 3. The average molecular weight is 525 g/mol. The third kappa shape index (κ3) is 5.75. The number of fused-ring (bicyclic) bond motifs is 1. The van der Waals surface area contributed by atoms with E-state index in [1.54, 1.807) is 12.4 Å². The number of hydrogen-bond donors (Lipinski definition) is 1. The SMILES string of the molecule is O=C(NOC(=O)C(F)(F)F)c1ccc2oc(-c3ccc(CN4CCN(c5ccncc5)CC4)cc3)nc2c1. The van der Waals surface area contributed by atoms with Gasteiger partial charge >= 0.3 is 12.1 Å². The van der Waals surface area contributed by atoms with Crippen LogP contribution in [0.25, 0.3) is 22.6 Å². The molecule has 0 unspecified atom stereocenters. The Morgan fingerprint density at radius 1 is 0.974 bits per heavy atom. The van der Waals surface area contributed by atoms with E-state index >= 15 is 0 Å². The standard InChI is InChI=1S/C26H22F3N5O4/c27-26(28,29)25(36)38-32-23(35)19-5-6-22-21(15-19)31-24(37-22)18-3-1-17(2-4-18)16-33-11-13-34(14-12-33)20-7-9-30-10-8-20/h1-10,15H,11-14,16H2,(H,32,35). The van der Waals surface area contributed by atoms with E-state index in [4.69, 9.17) is 4.42 Å². The summed E-state index contributed by atoms with van der Waals surface area (Å²) >= 11 is 0. The molecule has 12 heteroatoms. The van der Waals surface area contributed by atoms with Gasteiger partial charge in [0.25, 0.3) is 5.91 Å². The predicted molar refractivity (Wildman–Crippen MR) is 131 cm³/mol. The topological polar surface area (TPSA) is 101 Å². The number of pyridine rings is 1. The number of amides is 1. The molecule has 1 aliphatic rings. The molecular formula is C26H22F3N5O4. The van der Waals surface area contributed by atoms with Crippen LogP contribution in [0.5, 0.6) is 0 Å². The van der Waals surface area contributed by atoms with Gasteiger partial charge in [-0.3, -0.25) is 14.7 Å². The lowest BCUT2D eigenvalue weighted by atomic mass is 10.1. The summed E-state index contributed by atoms with van der Waals surface area (Å²) < 4.78 is 42.5. The van der Waals surface area contributed by atoms with Crippen LogP contribution in [0, 0.1) is 0 Å². The number of halogens is 3. The Hall–Kier alpha value is -4.45. The normalized spacial score (nSPS) is 14.4. The molecule has 196 valence electrons. The molecule has 0 atom stereocenters. The quantitative estimate of drug-likeness (QED) is 0.391. The lowest BCUT2D eigenvalue weighted by Crippen LogP contribution is -2.45. The van der Waals surface area contributed by atoms with Crippen LogP contribution < -0.4 is 10.4 Å². The number of nitrogens with zero attached hydrogens (tertiary/aromatic N) is 4. The first-order valence-electron chi connectivity index (χ1n) is 11.7. The van der Waals surface area contributed by atoms with Gasteiger partial charge < -0.3 is 14.2 Å². The first-order chi connectivity index (χ1) is 18.3. The van der Waals surface area contributed by atoms with Crippen LogP contribution in [-0.2, 0) is 16.2 Å². The molecule has 1 aliphatic heterocycles. The molecule has 1 N–H and O–H groups in total. The summed E-state index contributed by atoms with van der Waals surface area (Å²) in [6.45, 7) is 4.59. The second kappa shape index (κ2) is 10.5. The number of oxazole rings is 1. The molecule has 0 aliphatic carbocycles. The maximum atomic E-state index is 12.2. The summed E-state index contributed by atoms with van der Waals surface area (Å²) in [7, 11) is 0. The second-order valence-electron chi connectivity index (χ2n) is 8.69. The van der Waals surface area contributed by atoms with Gasteiger partial charge in [0.1, 0.15) is 5.52 Å². The number of nitrogens with one attached hydrogen (secondary N) is 1. The Morgan fingerprint density at radius 3 is 2.37 bits per heavy atom. The van der Waals surface area contributed by atoms with E-state index in [-0.39, 0.29) is 5.56 Å². The van der Waals surface area contributed by atoms with Crippen LogP contribution in [0.4, 0.5) is 18.9 Å². The van der Waals surface area contributed by atoms with Gasteiger partial charge in [-0.25, -0.2) is 9.78 Å². The number of hydroxylamine groups is 1. The van der Waals surface area contributed by atoms with Gasteiger partial charge in [-0.1, -0.05) is 12.1 Å². The number of aromatic nitrogens is 2. The lowest BCUT2D eigenvalue weighted by Gasteiger charge is -2.36. The fraction of sp³-hybridized carbons (Fsp3) is 0.231. The fourth-order valence-electron chi connectivity index (χ4n) is 4.13. The van der Waals surface area contributed by atoms with Crippen molar-refractivity contribution < 1.29 is 32.0 Å². The summed E-state index contributed by atoms with van der Waals surface area (Å²) in [6, 6.07) is 16.0. The molecule has 0 saturated carbocycles. The molecular weight excluding hydrogens is 503 g/mol. The minimum Gasteiger partial charge on any atom is -0.436 e. The highest BCUT2D eigenvalue weighted by Gasteiger charge is 2.42. The Balaban J connectivity index is 1.19. The van der Waals surface area contributed by atoms with Gasteiger partial charge in [0.05, 0.1) is 0 Å². The van der Waals surface area contributed by atoms with Gasteiger partial charge in [0, 0.05) is 61.9 Å². The Labute approximate surface area is 214 Å². The van der Waals surface area contributed by atoms with Crippen molar-refractivity contribution >= 4 is 28.7 Å². The zero-order chi connectivity index (χ0) is 26.7. The number of anilines is 1. The van der Waals surface area contributed by atoms with Gasteiger partial charge in [0.15, 0.2) is 5.58 Å². The highest BCUT2D eigenvalue weighted by atomic mass is 19.4. The number of carbonyl (C=O) groups is 2. The third-order valence-electron chi connectivity index (χ3n) is 6.12. The Kier molecular flexibility index (Phi) is 6.97. The molecule has 9 nitrogen and oxygen atoms in total. The summed E-state index contributed by atoms with van der Waals surface area (Å²) in [6.07, 6.45) is -1.61. The molecule has 2 aromatic carbocycles. The predicted octanol–water partition coefficient (Wildman–Crippen LogP) is 3.96. The molecule has 2 aromatic heterocycles. The number of piperazine rings is 1. The zero-order valence-electron chi connectivity index (χ0n) is 19.9. The number of rotatable bonds is 5. The van der Waals surface area contributed by atoms with E-state index in [9.17, 15) is 22.8 Å². The second-order valence-corrected chi connectivity index (χ2v) is 8.69. The van der Waals surface area contributed by atoms with Gasteiger partial charge in [-0.15, -0.1) is 0 Å². The zero-order valence-corrected chi connectivity index (χ0v) is 19.9. The van der Waals surface area contributed by atoms with Crippen molar-refractivity contribution in [2.45, 2.75) is 12.7 Å². The van der Waals surface area contributed by atoms with E-state index in [1.807, 2.05) is 36.4 Å². The van der Waals surface area contributed by atoms with Crippen molar-refractivity contribution in [2.75, 3.05) is 31.1 Å². The van der Waals surface area contributed by atoms with Crippen LogP contribution in [0.1, 0.15) is 15.9 Å². The molecule has 0 spiro atoms. The Bertz CT molecular complexity index is 1430. The maximum absolute atomic E-state index is 12.2. The molecule has 0 bridgehead atoms. The molecule has 5 rings (SSSR count). The van der Waals surface area contributed by atoms with Crippen LogP contribution in [0.3, 0.4) is 0 Å². The number of hydrogen-bond acceptors (Lipinski definition) is 8. The van der Waals surface area contributed by atoms with Crippen LogP contribution in [-0.4, -0.2) is 59.1 Å². The van der Waals surface area contributed by atoms with E-state index in [1.165, 1.54) is 29.4 Å². The summed E-state index contributed by atoms with van der Waals surface area (Å²) in [5.41, 5.74) is 5.21. The first-order valence-corrected chi connectivity index (χ1v) is 11.7. The van der Waals surface area contributed by atoms with Crippen molar-refractivity contribution in [3.8, 4) is 11.5 Å². The van der Waals surface area contributed by atoms with Gasteiger partial charge in [0.2, 0.25) is 5.89 Å². The minimum atomic E-state index is -5.22. The van der Waals surface area contributed by atoms with Crippen LogP contribution in [0.2, 0.25) is 0 Å². The van der Waals surface area contributed by atoms with Crippen molar-refractivity contribution in [2.24, 2.45) is 0 Å². The number of benzene rings is 2. The van der Waals surface area contributed by atoms with E-state index in [0.717, 1.165) is 43.9 Å². The monoisotopic (exact) mass is 525 g/mol. The molecule has 0 radical (unpaired) electrons.